The maximum absolute atomic E-state index is 12.9. The summed E-state index contributed by atoms with van der Waals surface area (Å²) in [5.74, 6) is 1.89. The Morgan fingerprint density at radius 2 is 1.96 bits per heavy atom. The van der Waals surface area contributed by atoms with Crippen LogP contribution in [0.25, 0.3) is 0 Å². The van der Waals surface area contributed by atoms with Gasteiger partial charge in [0.1, 0.15) is 5.75 Å². The van der Waals surface area contributed by atoms with Gasteiger partial charge >= 0.3 is 0 Å². The third kappa shape index (κ3) is 3.51. The van der Waals surface area contributed by atoms with E-state index in [0.717, 1.165) is 30.3 Å². The zero-order valence-corrected chi connectivity index (χ0v) is 16.1. The van der Waals surface area contributed by atoms with E-state index in [0.29, 0.717) is 11.8 Å². The summed E-state index contributed by atoms with van der Waals surface area (Å²) in [6, 6.07) is 12.2. The second-order valence-electron chi connectivity index (χ2n) is 7.30. The third-order valence-corrected chi connectivity index (χ3v) is 6.55. The van der Waals surface area contributed by atoms with Crippen LogP contribution >= 0.6 is 11.3 Å². The molecule has 2 saturated heterocycles. The fraction of sp³-hybridized carbons (Fsp3) is 0.476. The van der Waals surface area contributed by atoms with Gasteiger partial charge in [0.25, 0.3) is 5.91 Å². The molecule has 5 heteroatoms. The predicted molar refractivity (Wildman–Crippen MR) is 105 cm³/mol. The van der Waals surface area contributed by atoms with Crippen molar-refractivity contribution in [2.45, 2.75) is 18.8 Å². The molecule has 2 atom stereocenters. The SMILES string of the molecule is COc1ccccc1C1CN(C(=O)c2cccs2)CC1CN1CCCC1. The molecule has 0 spiro atoms. The van der Waals surface area contributed by atoms with Crippen molar-refractivity contribution in [3.8, 4) is 5.75 Å². The Labute approximate surface area is 159 Å². The van der Waals surface area contributed by atoms with Crippen LogP contribution in [-0.2, 0) is 0 Å². The number of carbonyl (C=O) groups is 1. The maximum Gasteiger partial charge on any atom is 0.263 e. The smallest absolute Gasteiger partial charge is 0.263 e. The summed E-state index contributed by atoms with van der Waals surface area (Å²) in [5.41, 5.74) is 1.24. The maximum atomic E-state index is 12.9. The number of nitrogens with zero attached hydrogens (tertiary/aromatic N) is 2. The molecule has 2 aliphatic rings. The van der Waals surface area contributed by atoms with Gasteiger partial charge in [-0.25, -0.2) is 0 Å². The van der Waals surface area contributed by atoms with Crippen molar-refractivity contribution >= 4 is 17.2 Å². The molecule has 1 aromatic carbocycles. The van der Waals surface area contributed by atoms with Gasteiger partial charge in [-0.1, -0.05) is 24.3 Å². The van der Waals surface area contributed by atoms with Gasteiger partial charge in [0.05, 0.1) is 12.0 Å². The molecule has 0 N–H and O–H groups in total. The van der Waals surface area contributed by atoms with Crippen molar-refractivity contribution in [2.24, 2.45) is 5.92 Å². The highest BCUT2D eigenvalue weighted by Crippen LogP contribution is 2.39. The zero-order valence-electron chi connectivity index (χ0n) is 15.3. The molecule has 0 saturated carbocycles. The second-order valence-corrected chi connectivity index (χ2v) is 8.25. The molecule has 2 aromatic rings. The summed E-state index contributed by atoms with van der Waals surface area (Å²) in [5, 5.41) is 1.97. The van der Waals surface area contributed by atoms with Crippen LogP contribution < -0.4 is 4.74 Å². The Morgan fingerprint density at radius 3 is 2.69 bits per heavy atom. The number of thiophene rings is 1. The Bertz CT molecular complexity index is 740. The van der Waals surface area contributed by atoms with Crippen molar-refractivity contribution in [3.05, 3.63) is 52.2 Å². The Kier molecular flexibility index (Phi) is 5.27. The highest BCUT2D eigenvalue weighted by atomic mass is 32.1. The van der Waals surface area contributed by atoms with Gasteiger partial charge in [0.2, 0.25) is 0 Å². The van der Waals surface area contributed by atoms with E-state index < -0.39 is 0 Å². The molecule has 0 bridgehead atoms. The highest BCUT2D eigenvalue weighted by molar-refractivity contribution is 7.12. The van der Waals surface area contributed by atoms with Gasteiger partial charge in [-0.3, -0.25) is 4.79 Å². The van der Waals surface area contributed by atoms with E-state index in [2.05, 4.69) is 17.0 Å². The fourth-order valence-corrected chi connectivity index (χ4v) is 5.09. The number of likely N-dealkylation sites (tertiary alicyclic amines) is 2. The van der Waals surface area contributed by atoms with Crippen LogP contribution in [0.3, 0.4) is 0 Å². The van der Waals surface area contributed by atoms with Gasteiger partial charge in [-0.15, -0.1) is 11.3 Å². The number of rotatable bonds is 5. The molecule has 26 heavy (non-hydrogen) atoms. The number of benzene rings is 1. The Balaban J connectivity index is 1.59. The molecular weight excluding hydrogens is 344 g/mol. The van der Waals surface area contributed by atoms with Gasteiger partial charge in [0.15, 0.2) is 0 Å². The van der Waals surface area contributed by atoms with Gasteiger partial charge < -0.3 is 14.5 Å². The first-order valence-corrected chi connectivity index (χ1v) is 10.3. The zero-order chi connectivity index (χ0) is 17.9. The number of carbonyl (C=O) groups excluding carboxylic acids is 1. The summed E-state index contributed by atoms with van der Waals surface area (Å²) in [6.07, 6.45) is 2.59. The fourth-order valence-electron chi connectivity index (χ4n) is 4.40. The molecule has 3 heterocycles. The molecule has 138 valence electrons. The standard InChI is InChI=1S/C21H26N2O2S/c1-25-19-8-3-2-7-17(19)18-15-23(21(24)20-9-6-12-26-20)14-16(18)13-22-10-4-5-11-22/h2-3,6-9,12,16,18H,4-5,10-11,13-15H2,1H3. The van der Waals surface area contributed by atoms with Gasteiger partial charge in [-0.2, -0.15) is 0 Å². The number of para-hydroxylation sites is 1. The number of ether oxygens (including phenoxy) is 1. The van der Waals surface area contributed by atoms with E-state index >= 15 is 0 Å². The molecule has 4 nitrogen and oxygen atoms in total. The molecule has 1 amide bonds. The van der Waals surface area contributed by atoms with Crippen LogP contribution in [0.1, 0.15) is 34.0 Å². The quantitative estimate of drug-likeness (QED) is 0.804. The van der Waals surface area contributed by atoms with E-state index in [1.807, 2.05) is 34.5 Å². The molecule has 2 aliphatic heterocycles. The Hall–Kier alpha value is -1.85. The van der Waals surface area contributed by atoms with Crippen LogP contribution in [0.5, 0.6) is 5.75 Å². The minimum atomic E-state index is 0.170. The summed E-state index contributed by atoms with van der Waals surface area (Å²) in [7, 11) is 1.73. The molecule has 2 unspecified atom stereocenters. The monoisotopic (exact) mass is 370 g/mol. The largest absolute Gasteiger partial charge is 0.496 e. The van der Waals surface area contributed by atoms with E-state index in [1.54, 1.807) is 7.11 Å². The van der Waals surface area contributed by atoms with E-state index in [9.17, 15) is 4.79 Å². The van der Waals surface area contributed by atoms with E-state index in [-0.39, 0.29) is 5.91 Å². The summed E-state index contributed by atoms with van der Waals surface area (Å²) in [6.45, 7) is 5.05. The summed E-state index contributed by atoms with van der Waals surface area (Å²) in [4.78, 5) is 18.4. The van der Waals surface area contributed by atoms with Crippen molar-refractivity contribution in [2.75, 3.05) is 39.8 Å². The highest BCUT2D eigenvalue weighted by Gasteiger charge is 2.38. The first-order valence-electron chi connectivity index (χ1n) is 9.44. The minimum absolute atomic E-state index is 0.170. The topological polar surface area (TPSA) is 32.8 Å². The van der Waals surface area contributed by atoms with Gasteiger partial charge in [0, 0.05) is 25.6 Å². The van der Waals surface area contributed by atoms with Crippen LogP contribution in [-0.4, -0.2) is 55.5 Å². The molecule has 0 radical (unpaired) electrons. The summed E-state index contributed by atoms with van der Waals surface area (Å²) >= 11 is 1.53. The number of methoxy groups -OCH3 is 1. The second kappa shape index (κ2) is 7.80. The normalized spacial score (nSPS) is 23.5. The van der Waals surface area contributed by atoms with Crippen molar-refractivity contribution in [1.82, 2.24) is 9.80 Å². The van der Waals surface area contributed by atoms with E-state index in [1.165, 1.54) is 42.8 Å². The molecule has 4 rings (SSSR count). The number of hydrogen-bond donors (Lipinski definition) is 0. The van der Waals surface area contributed by atoms with E-state index in [4.69, 9.17) is 4.74 Å². The van der Waals surface area contributed by atoms with Crippen LogP contribution in [0, 0.1) is 5.92 Å². The molecule has 1 aromatic heterocycles. The summed E-state index contributed by atoms with van der Waals surface area (Å²) < 4.78 is 5.63. The first kappa shape index (κ1) is 17.6. The lowest BCUT2D eigenvalue weighted by molar-refractivity contribution is 0.0788. The Morgan fingerprint density at radius 1 is 1.15 bits per heavy atom. The number of hydrogen-bond acceptors (Lipinski definition) is 4. The average molecular weight is 371 g/mol. The molecular formula is C21H26N2O2S. The predicted octanol–water partition coefficient (Wildman–Crippen LogP) is 3.71. The van der Waals surface area contributed by atoms with Crippen molar-refractivity contribution < 1.29 is 9.53 Å². The number of amides is 1. The van der Waals surface area contributed by atoms with Crippen molar-refractivity contribution in [1.29, 1.82) is 0 Å². The van der Waals surface area contributed by atoms with Crippen molar-refractivity contribution in [3.63, 3.8) is 0 Å². The van der Waals surface area contributed by atoms with Crippen LogP contribution in [0.15, 0.2) is 41.8 Å². The third-order valence-electron chi connectivity index (χ3n) is 5.69. The average Bonchev–Trinajstić information content (AvgIpc) is 3.43. The first-order chi connectivity index (χ1) is 12.8. The minimum Gasteiger partial charge on any atom is -0.496 e. The lowest BCUT2D eigenvalue weighted by atomic mass is 9.88. The van der Waals surface area contributed by atoms with Gasteiger partial charge in [-0.05, 0) is 54.9 Å². The van der Waals surface area contributed by atoms with Crippen LogP contribution in [0.2, 0.25) is 0 Å². The lowest BCUT2D eigenvalue weighted by Crippen LogP contribution is -2.32. The molecule has 0 aliphatic carbocycles. The lowest BCUT2D eigenvalue weighted by Gasteiger charge is -2.25. The molecule has 2 fully saturated rings. The van der Waals surface area contributed by atoms with Crippen LogP contribution in [0.4, 0.5) is 0 Å².